The van der Waals surface area contributed by atoms with Crippen molar-refractivity contribution in [3.8, 4) is 0 Å². The van der Waals surface area contributed by atoms with E-state index in [4.69, 9.17) is 5.73 Å². The van der Waals surface area contributed by atoms with Crippen LogP contribution in [0.5, 0.6) is 0 Å². The minimum absolute atomic E-state index is 0.207. The molecule has 0 aromatic heterocycles. The van der Waals surface area contributed by atoms with Gasteiger partial charge in [0.2, 0.25) is 0 Å². The second kappa shape index (κ2) is 2.73. The van der Waals surface area contributed by atoms with Crippen LogP contribution in [-0.4, -0.2) is 0 Å². The van der Waals surface area contributed by atoms with Gasteiger partial charge in [-0.1, -0.05) is 23.8 Å². The SMILES string of the molecule is Cc1ccc2ccc(N)c(F)c2c1. The fourth-order valence-corrected chi connectivity index (χ4v) is 1.41. The van der Waals surface area contributed by atoms with E-state index in [0.717, 1.165) is 10.9 Å². The molecule has 0 unspecified atom stereocenters. The normalized spacial score (nSPS) is 10.6. The Morgan fingerprint density at radius 3 is 2.62 bits per heavy atom. The summed E-state index contributed by atoms with van der Waals surface area (Å²) in [7, 11) is 0. The summed E-state index contributed by atoms with van der Waals surface area (Å²) in [5.74, 6) is -0.318. The van der Waals surface area contributed by atoms with Crippen molar-refractivity contribution >= 4 is 16.5 Å². The van der Waals surface area contributed by atoms with Crippen molar-refractivity contribution in [1.29, 1.82) is 0 Å². The fourth-order valence-electron chi connectivity index (χ4n) is 1.41. The van der Waals surface area contributed by atoms with Crippen LogP contribution in [0, 0.1) is 12.7 Å². The van der Waals surface area contributed by atoms with Crippen LogP contribution in [0.2, 0.25) is 0 Å². The molecule has 0 aliphatic carbocycles. The van der Waals surface area contributed by atoms with Crippen molar-refractivity contribution in [3.05, 3.63) is 41.7 Å². The van der Waals surface area contributed by atoms with E-state index < -0.39 is 0 Å². The number of nitrogen functional groups attached to an aromatic ring is 1. The molecule has 0 atom stereocenters. The molecule has 0 radical (unpaired) electrons. The van der Waals surface area contributed by atoms with E-state index in [0.29, 0.717) is 5.39 Å². The molecule has 0 fully saturated rings. The molecule has 13 heavy (non-hydrogen) atoms. The van der Waals surface area contributed by atoms with Gasteiger partial charge in [0.15, 0.2) is 5.82 Å². The van der Waals surface area contributed by atoms with Crippen LogP contribution in [-0.2, 0) is 0 Å². The maximum Gasteiger partial charge on any atom is 0.153 e. The summed E-state index contributed by atoms with van der Waals surface area (Å²) in [6.45, 7) is 1.93. The fraction of sp³-hybridized carbons (Fsp3) is 0.0909. The maximum atomic E-state index is 13.5. The molecule has 2 rings (SSSR count). The second-order valence-electron chi connectivity index (χ2n) is 3.19. The van der Waals surface area contributed by atoms with E-state index in [1.165, 1.54) is 0 Å². The first-order valence-electron chi connectivity index (χ1n) is 4.13. The third kappa shape index (κ3) is 1.24. The van der Waals surface area contributed by atoms with Crippen LogP contribution in [0.4, 0.5) is 10.1 Å². The maximum absolute atomic E-state index is 13.5. The predicted octanol–water partition coefficient (Wildman–Crippen LogP) is 2.87. The number of rotatable bonds is 0. The molecule has 2 N–H and O–H groups in total. The Morgan fingerprint density at radius 1 is 1.15 bits per heavy atom. The van der Waals surface area contributed by atoms with E-state index in [9.17, 15) is 4.39 Å². The molecule has 1 nitrogen and oxygen atoms in total. The van der Waals surface area contributed by atoms with E-state index in [1.54, 1.807) is 12.1 Å². The topological polar surface area (TPSA) is 26.0 Å². The molecule has 0 bridgehead atoms. The molecule has 0 aliphatic rings. The average Bonchev–Trinajstić information content (AvgIpc) is 2.12. The number of hydrogen-bond donors (Lipinski definition) is 1. The molecule has 2 heteroatoms. The molecule has 0 amide bonds. The Bertz CT molecular complexity index is 458. The first kappa shape index (κ1) is 8.05. The zero-order valence-electron chi connectivity index (χ0n) is 7.34. The lowest BCUT2D eigenvalue weighted by Crippen LogP contribution is -1.91. The largest absolute Gasteiger partial charge is 0.396 e. The minimum atomic E-state index is -0.318. The van der Waals surface area contributed by atoms with Gasteiger partial charge in [0, 0.05) is 5.39 Å². The number of halogens is 1. The second-order valence-corrected chi connectivity index (χ2v) is 3.19. The third-order valence-electron chi connectivity index (χ3n) is 2.14. The van der Waals surface area contributed by atoms with E-state index in [1.807, 2.05) is 25.1 Å². The van der Waals surface area contributed by atoms with Crippen LogP contribution in [0.25, 0.3) is 10.8 Å². The van der Waals surface area contributed by atoms with Gasteiger partial charge in [-0.25, -0.2) is 4.39 Å². The highest BCUT2D eigenvalue weighted by atomic mass is 19.1. The highest BCUT2D eigenvalue weighted by molar-refractivity contribution is 5.86. The number of nitrogens with two attached hydrogens (primary N) is 1. The number of anilines is 1. The van der Waals surface area contributed by atoms with E-state index in [-0.39, 0.29) is 11.5 Å². The van der Waals surface area contributed by atoms with Crippen LogP contribution in [0.1, 0.15) is 5.56 Å². The first-order chi connectivity index (χ1) is 6.18. The van der Waals surface area contributed by atoms with Gasteiger partial charge in [-0.2, -0.15) is 0 Å². The van der Waals surface area contributed by atoms with Crippen molar-refractivity contribution < 1.29 is 4.39 Å². The summed E-state index contributed by atoms with van der Waals surface area (Å²) in [5.41, 5.74) is 6.71. The van der Waals surface area contributed by atoms with E-state index >= 15 is 0 Å². The zero-order chi connectivity index (χ0) is 9.42. The Labute approximate surface area is 76.0 Å². The average molecular weight is 175 g/mol. The number of benzene rings is 2. The van der Waals surface area contributed by atoms with Crippen LogP contribution in [0.15, 0.2) is 30.3 Å². The number of hydrogen-bond acceptors (Lipinski definition) is 1. The Morgan fingerprint density at radius 2 is 1.85 bits per heavy atom. The van der Waals surface area contributed by atoms with Crippen molar-refractivity contribution in [2.75, 3.05) is 5.73 Å². The van der Waals surface area contributed by atoms with E-state index in [2.05, 4.69) is 0 Å². The summed E-state index contributed by atoms with van der Waals surface area (Å²) in [6, 6.07) is 9.08. The van der Waals surface area contributed by atoms with Gasteiger partial charge in [-0.3, -0.25) is 0 Å². The molecule has 66 valence electrons. The zero-order valence-corrected chi connectivity index (χ0v) is 7.34. The van der Waals surface area contributed by atoms with Crippen LogP contribution in [0.3, 0.4) is 0 Å². The molecular formula is C11H10FN. The summed E-state index contributed by atoms with van der Waals surface area (Å²) >= 11 is 0. The smallest absolute Gasteiger partial charge is 0.153 e. The first-order valence-corrected chi connectivity index (χ1v) is 4.13. The molecule has 0 spiro atoms. The molecule has 0 saturated carbocycles. The van der Waals surface area contributed by atoms with Gasteiger partial charge in [0.25, 0.3) is 0 Å². The van der Waals surface area contributed by atoms with Gasteiger partial charge >= 0.3 is 0 Å². The molecular weight excluding hydrogens is 165 g/mol. The molecule has 2 aromatic carbocycles. The van der Waals surface area contributed by atoms with Crippen LogP contribution < -0.4 is 5.73 Å². The summed E-state index contributed by atoms with van der Waals surface area (Å²) in [6.07, 6.45) is 0. The van der Waals surface area contributed by atoms with Gasteiger partial charge in [0.1, 0.15) is 0 Å². The van der Waals surface area contributed by atoms with Gasteiger partial charge in [-0.15, -0.1) is 0 Å². The summed E-state index contributed by atoms with van der Waals surface area (Å²) in [4.78, 5) is 0. The lowest BCUT2D eigenvalue weighted by Gasteiger charge is -2.02. The Balaban J connectivity index is 2.89. The summed E-state index contributed by atoms with van der Waals surface area (Å²) in [5, 5.41) is 1.48. The highest BCUT2D eigenvalue weighted by Crippen LogP contribution is 2.23. The highest BCUT2D eigenvalue weighted by Gasteiger charge is 2.03. The monoisotopic (exact) mass is 175 g/mol. The lowest BCUT2D eigenvalue weighted by molar-refractivity contribution is 0.644. The third-order valence-corrected chi connectivity index (χ3v) is 2.14. The standard InChI is InChI=1S/C11H10FN/c1-7-2-3-8-4-5-10(13)11(12)9(8)6-7/h2-6H,13H2,1H3. The molecule has 0 aliphatic heterocycles. The number of aryl methyl sites for hydroxylation is 1. The van der Waals surface area contributed by atoms with Gasteiger partial charge in [-0.05, 0) is 24.4 Å². The predicted molar refractivity (Wildman–Crippen MR) is 53.1 cm³/mol. The van der Waals surface area contributed by atoms with Crippen molar-refractivity contribution in [1.82, 2.24) is 0 Å². The molecule has 0 saturated heterocycles. The minimum Gasteiger partial charge on any atom is -0.396 e. The number of fused-ring (bicyclic) bond motifs is 1. The van der Waals surface area contributed by atoms with Crippen molar-refractivity contribution in [3.63, 3.8) is 0 Å². The lowest BCUT2D eigenvalue weighted by atomic mass is 10.1. The Hall–Kier alpha value is -1.57. The van der Waals surface area contributed by atoms with Crippen molar-refractivity contribution in [2.24, 2.45) is 0 Å². The molecule has 0 heterocycles. The Kier molecular flexibility index (Phi) is 1.69. The van der Waals surface area contributed by atoms with Crippen molar-refractivity contribution in [2.45, 2.75) is 6.92 Å². The van der Waals surface area contributed by atoms with Crippen LogP contribution >= 0.6 is 0 Å². The van der Waals surface area contributed by atoms with Gasteiger partial charge < -0.3 is 5.73 Å². The summed E-state index contributed by atoms with van der Waals surface area (Å²) < 4.78 is 13.5. The molecule has 2 aromatic rings. The quantitative estimate of drug-likeness (QED) is 0.612. The van der Waals surface area contributed by atoms with Gasteiger partial charge in [0.05, 0.1) is 5.69 Å².